The fraction of sp³-hybridized carbons (Fsp3) is 0.129. The standard InChI is InChI=1S/C31H22O5/c32-27-17-15-23-21-12-14-26-24(22(21)11-13-25(23)27)16-18-28(35-30(33)19-7-3-1-4-8-19)29(26)36-31(34)20-9-5-2-6-10-20/h1-14,16,18,28-29H,15,17H2/t28-,29-/m1/s1. The lowest BCUT2D eigenvalue weighted by molar-refractivity contribution is -0.0228. The van der Waals surface area contributed by atoms with E-state index in [1.165, 1.54) is 0 Å². The Morgan fingerprint density at radius 3 is 2.03 bits per heavy atom. The molecule has 4 aromatic rings. The Bertz CT molecular complexity index is 1540. The van der Waals surface area contributed by atoms with Gasteiger partial charge in [0.1, 0.15) is 0 Å². The molecule has 0 unspecified atom stereocenters. The number of hydrogen-bond acceptors (Lipinski definition) is 5. The van der Waals surface area contributed by atoms with Gasteiger partial charge in [-0.05, 0) is 58.7 Å². The van der Waals surface area contributed by atoms with Crippen molar-refractivity contribution in [2.45, 2.75) is 25.0 Å². The molecule has 0 fully saturated rings. The first-order valence-corrected chi connectivity index (χ1v) is 11.9. The molecule has 36 heavy (non-hydrogen) atoms. The van der Waals surface area contributed by atoms with Crippen LogP contribution in [0.3, 0.4) is 0 Å². The van der Waals surface area contributed by atoms with Gasteiger partial charge >= 0.3 is 11.9 Å². The van der Waals surface area contributed by atoms with Crippen molar-refractivity contribution >= 4 is 34.6 Å². The summed E-state index contributed by atoms with van der Waals surface area (Å²) < 4.78 is 11.8. The van der Waals surface area contributed by atoms with Crippen molar-refractivity contribution < 1.29 is 23.9 Å². The van der Waals surface area contributed by atoms with Crippen LogP contribution < -0.4 is 0 Å². The Hall–Kier alpha value is -4.51. The van der Waals surface area contributed by atoms with Crippen molar-refractivity contribution in [2.24, 2.45) is 0 Å². The summed E-state index contributed by atoms with van der Waals surface area (Å²) in [5.74, 6) is -0.823. The van der Waals surface area contributed by atoms with Crippen LogP contribution in [-0.2, 0) is 15.9 Å². The van der Waals surface area contributed by atoms with Crippen LogP contribution in [-0.4, -0.2) is 23.8 Å². The van der Waals surface area contributed by atoms with Gasteiger partial charge in [-0.3, -0.25) is 4.79 Å². The van der Waals surface area contributed by atoms with E-state index in [2.05, 4.69) is 0 Å². The minimum atomic E-state index is -0.829. The molecule has 0 radical (unpaired) electrons. The smallest absolute Gasteiger partial charge is 0.338 e. The predicted octanol–water partition coefficient (Wildman–Crippen LogP) is 6.12. The molecule has 0 saturated carbocycles. The van der Waals surface area contributed by atoms with E-state index in [1.807, 2.05) is 42.5 Å². The fourth-order valence-corrected chi connectivity index (χ4v) is 5.07. The number of fused-ring (bicyclic) bond motifs is 5. The highest BCUT2D eigenvalue weighted by atomic mass is 16.6. The Balaban J connectivity index is 1.41. The molecule has 0 aliphatic heterocycles. The molecule has 0 bridgehead atoms. The zero-order valence-electron chi connectivity index (χ0n) is 19.3. The molecule has 2 aliphatic carbocycles. The number of hydrogen-bond donors (Lipinski definition) is 0. The predicted molar refractivity (Wildman–Crippen MR) is 136 cm³/mol. The maximum absolute atomic E-state index is 13.1. The van der Waals surface area contributed by atoms with E-state index < -0.39 is 24.1 Å². The molecule has 176 valence electrons. The van der Waals surface area contributed by atoms with Gasteiger partial charge in [-0.25, -0.2) is 9.59 Å². The second-order valence-corrected chi connectivity index (χ2v) is 8.97. The van der Waals surface area contributed by atoms with E-state index >= 15 is 0 Å². The summed E-state index contributed by atoms with van der Waals surface area (Å²) in [7, 11) is 0. The summed E-state index contributed by atoms with van der Waals surface area (Å²) in [6, 6.07) is 25.2. The number of Topliss-reactive ketones (excluding diaryl/α,β-unsaturated/α-hetero) is 1. The zero-order chi connectivity index (χ0) is 24.6. The van der Waals surface area contributed by atoms with E-state index in [0.717, 1.165) is 39.4 Å². The maximum atomic E-state index is 13.1. The molecule has 2 aliphatic rings. The van der Waals surface area contributed by atoms with Crippen LogP contribution in [0.5, 0.6) is 0 Å². The molecule has 0 spiro atoms. The minimum Gasteiger partial charge on any atom is -0.450 e. The second-order valence-electron chi connectivity index (χ2n) is 8.97. The highest BCUT2D eigenvalue weighted by Gasteiger charge is 2.34. The third-order valence-corrected chi connectivity index (χ3v) is 6.84. The topological polar surface area (TPSA) is 69.7 Å². The van der Waals surface area contributed by atoms with Crippen LogP contribution >= 0.6 is 0 Å². The summed E-state index contributed by atoms with van der Waals surface area (Å²) in [4.78, 5) is 38.2. The monoisotopic (exact) mass is 474 g/mol. The lowest BCUT2D eigenvalue weighted by atomic mass is 9.87. The van der Waals surface area contributed by atoms with Gasteiger partial charge in [0.05, 0.1) is 11.1 Å². The second kappa shape index (κ2) is 8.93. The van der Waals surface area contributed by atoms with E-state index in [0.29, 0.717) is 17.5 Å². The van der Waals surface area contributed by atoms with Crippen molar-refractivity contribution in [3.63, 3.8) is 0 Å². The summed E-state index contributed by atoms with van der Waals surface area (Å²) >= 11 is 0. The molecule has 6 rings (SSSR count). The first-order valence-electron chi connectivity index (χ1n) is 11.9. The van der Waals surface area contributed by atoms with Gasteiger partial charge < -0.3 is 9.47 Å². The summed E-state index contributed by atoms with van der Waals surface area (Å²) in [5.41, 5.74) is 4.33. The van der Waals surface area contributed by atoms with E-state index in [-0.39, 0.29) is 5.78 Å². The zero-order valence-corrected chi connectivity index (χ0v) is 19.3. The largest absolute Gasteiger partial charge is 0.450 e. The van der Waals surface area contributed by atoms with Crippen molar-refractivity contribution in [1.82, 2.24) is 0 Å². The molecule has 0 heterocycles. The van der Waals surface area contributed by atoms with Crippen molar-refractivity contribution in [1.29, 1.82) is 0 Å². The molecule has 0 N–H and O–H groups in total. The molecular weight excluding hydrogens is 452 g/mol. The van der Waals surface area contributed by atoms with Crippen molar-refractivity contribution in [3.05, 3.63) is 124 Å². The summed E-state index contributed by atoms with van der Waals surface area (Å²) in [6.07, 6.45) is 3.30. The van der Waals surface area contributed by atoms with Crippen LogP contribution in [0.15, 0.2) is 91.0 Å². The summed E-state index contributed by atoms with van der Waals surface area (Å²) in [6.45, 7) is 0. The van der Waals surface area contributed by atoms with Crippen LogP contribution in [0, 0.1) is 0 Å². The average Bonchev–Trinajstić information content (AvgIpc) is 3.31. The van der Waals surface area contributed by atoms with E-state index in [1.54, 1.807) is 54.6 Å². The van der Waals surface area contributed by atoms with Crippen LogP contribution in [0.1, 0.15) is 60.3 Å². The first kappa shape index (κ1) is 22.0. The van der Waals surface area contributed by atoms with Gasteiger partial charge in [0, 0.05) is 17.5 Å². The normalized spacial score (nSPS) is 17.9. The number of esters is 2. The number of rotatable bonds is 4. The minimum absolute atomic E-state index is 0.169. The Morgan fingerprint density at radius 1 is 0.694 bits per heavy atom. The SMILES string of the molecule is O=C(O[C@@H]1c2ccc3c4c(ccc3c2C=C[C@H]1OC(=O)c1ccccc1)C(=O)CC4)c1ccccc1. The number of ether oxygens (including phenoxy) is 2. The number of carbonyl (C=O) groups excluding carboxylic acids is 3. The van der Waals surface area contributed by atoms with Crippen molar-refractivity contribution in [3.8, 4) is 0 Å². The molecular formula is C31H22O5. The molecule has 5 nitrogen and oxygen atoms in total. The van der Waals surface area contributed by atoms with Gasteiger partial charge in [0.25, 0.3) is 0 Å². The third kappa shape index (κ3) is 3.79. The Kier molecular flexibility index (Phi) is 5.45. The number of aryl methyl sites for hydroxylation is 1. The van der Waals surface area contributed by atoms with Crippen LogP contribution in [0.25, 0.3) is 16.8 Å². The van der Waals surface area contributed by atoms with Gasteiger partial charge in [-0.2, -0.15) is 0 Å². The molecule has 0 amide bonds. The highest BCUT2D eigenvalue weighted by Crippen LogP contribution is 2.40. The number of ketones is 1. The highest BCUT2D eigenvalue weighted by molar-refractivity contribution is 6.07. The molecule has 2 atom stereocenters. The van der Waals surface area contributed by atoms with Crippen LogP contribution in [0.4, 0.5) is 0 Å². The lowest BCUT2D eigenvalue weighted by Crippen LogP contribution is -2.30. The van der Waals surface area contributed by atoms with Gasteiger partial charge in [0.15, 0.2) is 18.0 Å². The Labute approximate surface area is 208 Å². The third-order valence-electron chi connectivity index (χ3n) is 6.84. The average molecular weight is 475 g/mol. The first-order chi connectivity index (χ1) is 17.6. The molecule has 4 aromatic carbocycles. The van der Waals surface area contributed by atoms with Crippen LogP contribution in [0.2, 0.25) is 0 Å². The molecule has 5 heteroatoms. The Morgan fingerprint density at radius 2 is 1.33 bits per heavy atom. The number of carbonyl (C=O) groups is 3. The maximum Gasteiger partial charge on any atom is 0.338 e. The molecule has 0 saturated heterocycles. The van der Waals surface area contributed by atoms with E-state index in [4.69, 9.17) is 9.47 Å². The lowest BCUT2D eigenvalue weighted by Gasteiger charge is -2.30. The van der Waals surface area contributed by atoms with Gasteiger partial charge in [-0.1, -0.05) is 66.7 Å². The summed E-state index contributed by atoms with van der Waals surface area (Å²) in [5, 5.41) is 2.00. The quantitative estimate of drug-likeness (QED) is 0.333. The number of benzene rings is 4. The van der Waals surface area contributed by atoms with Gasteiger partial charge in [0.2, 0.25) is 0 Å². The van der Waals surface area contributed by atoms with Gasteiger partial charge in [-0.15, -0.1) is 0 Å². The van der Waals surface area contributed by atoms with Crippen molar-refractivity contribution in [2.75, 3.05) is 0 Å². The fourth-order valence-electron chi connectivity index (χ4n) is 5.07. The molecule has 0 aromatic heterocycles. The van der Waals surface area contributed by atoms with E-state index in [9.17, 15) is 14.4 Å².